The number of ether oxygens (including phenoxy) is 2. The number of aliphatic imine (C=N–C) groups is 1. The number of nitrogens with zero attached hydrogens (tertiary/aromatic N) is 1. The molecule has 2 bridgehead atoms. The van der Waals surface area contributed by atoms with E-state index in [-0.39, 0.29) is 24.0 Å². The largest absolute Gasteiger partial charge is 0.381 e. The highest BCUT2D eigenvalue weighted by Crippen LogP contribution is 2.34. The molecule has 6 heteroatoms. The minimum absolute atomic E-state index is 0. The molecule has 146 valence electrons. The van der Waals surface area contributed by atoms with Crippen molar-refractivity contribution in [1.29, 1.82) is 0 Å². The molecule has 26 heavy (non-hydrogen) atoms. The van der Waals surface area contributed by atoms with Crippen molar-refractivity contribution in [3.8, 4) is 0 Å². The lowest BCUT2D eigenvalue weighted by atomic mass is 9.96. The van der Waals surface area contributed by atoms with Gasteiger partial charge in [-0.25, -0.2) is 0 Å². The number of guanidine groups is 1. The molecule has 0 saturated carbocycles. The van der Waals surface area contributed by atoms with Crippen molar-refractivity contribution in [1.82, 2.24) is 10.6 Å². The monoisotopic (exact) mass is 473 g/mol. The van der Waals surface area contributed by atoms with Crippen molar-refractivity contribution >= 4 is 29.9 Å². The quantitative estimate of drug-likeness (QED) is 0.251. The van der Waals surface area contributed by atoms with Gasteiger partial charge in [-0.2, -0.15) is 0 Å². The van der Waals surface area contributed by atoms with Gasteiger partial charge in [-0.05, 0) is 44.6 Å². The molecule has 1 aromatic carbocycles. The molecule has 2 aliphatic rings. The van der Waals surface area contributed by atoms with Gasteiger partial charge in [0.1, 0.15) is 0 Å². The number of rotatable bonds is 9. The first-order valence-corrected chi connectivity index (χ1v) is 9.67. The molecule has 3 rings (SSSR count). The lowest BCUT2D eigenvalue weighted by molar-refractivity contribution is 0.0992. The van der Waals surface area contributed by atoms with Gasteiger partial charge >= 0.3 is 0 Å². The number of halogens is 1. The molecule has 1 aromatic rings. The van der Waals surface area contributed by atoms with Gasteiger partial charge in [0.25, 0.3) is 0 Å². The van der Waals surface area contributed by atoms with Gasteiger partial charge in [0.05, 0.1) is 24.9 Å². The first-order chi connectivity index (χ1) is 12.3. The van der Waals surface area contributed by atoms with Crippen LogP contribution in [-0.2, 0) is 15.9 Å². The van der Waals surface area contributed by atoms with Crippen LogP contribution >= 0.6 is 24.0 Å². The van der Waals surface area contributed by atoms with Crippen molar-refractivity contribution in [3.63, 3.8) is 0 Å². The predicted molar refractivity (Wildman–Crippen MR) is 116 cm³/mol. The number of nitrogens with one attached hydrogen (secondary N) is 2. The Morgan fingerprint density at radius 2 is 2.08 bits per heavy atom. The van der Waals surface area contributed by atoms with E-state index >= 15 is 0 Å². The summed E-state index contributed by atoms with van der Waals surface area (Å²) in [5.74, 6) is 0.910. The second-order valence-corrected chi connectivity index (χ2v) is 6.82. The first-order valence-electron chi connectivity index (χ1n) is 9.67. The Bertz CT molecular complexity index is 541. The number of hydrogen-bond acceptors (Lipinski definition) is 3. The third-order valence-corrected chi connectivity index (χ3v) is 4.87. The van der Waals surface area contributed by atoms with Gasteiger partial charge in [0, 0.05) is 19.7 Å². The van der Waals surface area contributed by atoms with E-state index in [1.165, 1.54) is 18.4 Å². The molecule has 2 aliphatic heterocycles. The van der Waals surface area contributed by atoms with E-state index in [2.05, 4.69) is 46.8 Å². The maximum absolute atomic E-state index is 5.91. The van der Waals surface area contributed by atoms with Crippen LogP contribution in [0.2, 0.25) is 0 Å². The van der Waals surface area contributed by atoms with Crippen LogP contribution in [0.3, 0.4) is 0 Å². The minimum atomic E-state index is 0. The Morgan fingerprint density at radius 1 is 1.23 bits per heavy atom. The zero-order valence-corrected chi connectivity index (χ0v) is 18.0. The summed E-state index contributed by atoms with van der Waals surface area (Å²) in [6, 6.07) is 10.9. The fourth-order valence-electron chi connectivity index (χ4n) is 3.58. The van der Waals surface area contributed by atoms with Crippen LogP contribution in [0.4, 0.5) is 0 Å². The van der Waals surface area contributed by atoms with Crippen molar-refractivity contribution in [2.24, 2.45) is 4.99 Å². The van der Waals surface area contributed by atoms with Crippen molar-refractivity contribution in [3.05, 3.63) is 35.9 Å². The summed E-state index contributed by atoms with van der Waals surface area (Å²) >= 11 is 0. The summed E-state index contributed by atoms with van der Waals surface area (Å²) in [7, 11) is 0. The van der Waals surface area contributed by atoms with Crippen LogP contribution in [0, 0.1) is 0 Å². The molecule has 3 atom stereocenters. The molecule has 5 nitrogen and oxygen atoms in total. The van der Waals surface area contributed by atoms with E-state index in [0.717, 1.165) is 51.5 Å². The number of hydrogen-bond donors (Lipinski definition) is 2. The summed E-state index contributed by atoms with van der Waals surface area (Å²) in [6.07, 6.45) is 6.25. The molecule has 2 saturated heterocycles. The van der Waals surface area contributed by atoms with E-state index in [1.807, 2.05) is 6.07 Å². The van der Waals surface area contributed by atoms with Crippen molar-refractivity contribution in [2.75, 3.05) is 26.3 Å². The fourth-order valence-corrected chi connectivity index (χ4v) is 3.58. The second kappa shape index (κ2) is 11.8. The predicted octanol–water partition coefficient (Wildman–Crippen LogP) is 3.13. The summed E-state index contributed by atoms with van der Waals surface area (Å²) in [5, 5.41) is 6.88. The fraction of sp³-hybridized carbons (Fsp3) is 0.650. The lowest BCUT2D eigenvalue weighted by Gasteiger charge is -2.22. The van der Waals surface area contributed by atoms with E-state index in [9.17, 15) is 0 Å². The van der Waals surface area contributed by atoms with Crippen LogP contribution in [0.15, 0.2) is 35.3 Å². The van der Waals surface area contributed by atoms with Gasteiger partial charge in [0.15, 0.2) is 5.96 Å². The smallest absolute Gasteiger partial charge is 0.191 e. The van der Waals surface area contributed by atoms with Gasteiger partial charge in [0.2, 0.25) is 0 Å². The summed E-state index contributed by atoms with van der Waals surface area (Å²) in [5.41, 5.74) is 1.33. The Labute approximate surface area is 174 Å². The minimum Gasteiger partial charge on any atom is -0.381 e. The summed E-state index contributed by atoms with van der Waals surface area (Å²) in [4.78, 5) is 4.68. The van der Waals surface area contributed by atoms with Crippen LogP contribution in [-0.4, -0.2) is 50.5 Å². The molecular weight excluding hydrogens is 441 g/mol. The normalized spacial score (nSPS) is 24.3. The number of fused-ring (bicyclic) bond motifs is 2. The molecule has 0 aliphatic carbocycles. The summed E-state index contributed by atoms with van der Waals surface area (Å²) < 4.78 is 11.6. The highest BCUT2D eigenvalue weighted by molar-refractivity contribution is 14.0. The average molecular weight is 473 g/mol. The van der Waals surface area contributed by atoms with Gasteiger partial charge in [-0.1, -0.05) is 30.3 Å². The van der Waals surface area contributed by atoms with Crippen molar-refractivity contribution < 1.29 is 9.47 Å². The Balaban J connectivity index is 0.00000243. The Kier molecular flexibility index (Phi) is 9.71. The van der Waals surface area contributed by atoms with Crippen LogP contribution in [0.25, 0.3) is 0 Å². The van der Waals surface area contributed by atoms with Crippen LogP contribution < -0.4 is 10.6 Å². The second-order valence-electron chi connectivity index (χ2n) is 6.82. The zero-order chi connectivity index (χ0) is 17.3. The molecule has 3 unspecified atom stereocenters. The molecule has 0 amide bonds. The zero-order valence-electron chi connectivity index (χ0n) is 15.7. The van der Waals surface area contributed by atoms with Gasteiger partial charge in [-0.3, -0.25) is 4.99 Å². The number of benzene rings is 1. The van der Waals surface area contributed by atoms with Crippen LogP contribution in [0.5, 0.6) is 0 Å². The highest BCUT2D eigenvalue weighted by atomic mass is 127. The van der Waals surface area contributed by atoms with Crippen LogP contribution in [0.1, 0.15) is 38.2 Å². The SMILES string of the molecule is CCNC(=NCCCOCCc1ccccc1)NC1CC2CCC1O2.I. The third-order valence-electron chi connectivity index (χ3n) is 4.87. The Hall–Kier alpha value is -0.860. The molecule has 2 N–H and O–H groups in total. The lowest BCUT2D eigenvalue weighted by Crippen LogP contribution is -2.47. The molecular formula is C20H32IN3O2. The highest BCUT2D eigenvalue weighted by Gasteiger charge is 2.41. The Morgan fingerprint density at radius 3 is 2.77 bits per heavy atom. The maximum atomic E-state index is 5.91. The first kappa shape index (κ1) is 21.4. The maximum Gasteiger partial charge on any atom is 0.191 e. The van der Waals surface area contributed by atoms with E-state index < -0.39 is 0 Å². The standard InChI is InChI=1S/C20H31N3O2.HI/c1-2-21-20(23-18-15-17-9-10-19(18)25-17)22-12-6-13-24-14-11-16-7-4-3-5-8-16;/h3-5,7-8,17-19H,2,6,9-15H2,1H3,(H2,21,22,23);1H. The molecule has 0 radical (unpaired) electrons. The van der Waals surface area contributed by atoms with E-state index in [4.69, 9.17) is 9.47 Å². The molecule has 2 fully saturated rings. The van der Waals surface area contributed by atoms with Gasteiger partial charge < -0.3 is 20.1 Å². The van der Waals surface area contributed by atoms with Gasteiger partial charge in [-0.15, -0.1) is 24.0 Å². The summed E-state index contributed by atoms with van der Waals surface area (Å²) in [6.45, 7) is 5.28. The third kappa shape index (κ3) is 6.70. The van der Waals surface area contributed by atoms with Crippen molar-refractivity contribution in [2.45, 2.75) is 57.3 Å². The average Bonchev–Trinajstić information content (AvgIpc) is 3.25. The van der Waals surface area contributed by atoms with E-state index in [1.54, 1.807) is 0 Å². The van der Waals surface area contributed by atoms with E-state index in [0.29, 0.717) is 18.2 Å². The molecule has 2 heterocycles. The molecule has 0 spiro atoms. The topological polar surface area (TPSA) is 54.9 Å². The molecule has 0 aromatic heterocycles.